The second-order valence-electron chi connectivity index (χ2n) is 15.4. The van der Waals surface area contributed by atoms with Crippen LogP contribution < -0.4 is 4.40 Å². The summed E-state index contributed by atoms with van der Waals surface area (Å²) in [5, 5.41) is 4.79. The molecule has 8 heteroatoms. The molecule has 0 aliphatic rings. The SMILES string of the molecule is Cc1cccc(C)c1-n1c(-c2[c-]ccc3c2sc2ncccc23)nc2cc3ccccc3cc21.[2H]C([2H])([2H])c1cc[c-]c(-c2cc(C(C)C)[c]([Ge]([CH3])([CH3])[CH3])cn2)c1F.[Ir]. The molecule has 283 valence electrons. The van der Waals surface area contributed by atoms with E-state index in [1.165, 1.54) is 65.2 Å². The summed E-state index contributed by atoms with van der Waals surface area (Å²) in [6.07, 6.45) is 3.71. The molecular weight excluding hydrogens is 948 g/mol. The smallest absolute Gasteiger partial charge is 0 e. The van der Waals surface area contributed by atoms with Gasteiger partial charge in [-0.3, -0.25) is 4.98 Å². The number of nitrogens with zero attached hydrogens (tertiary/aromatic N) is 4. The van der Waals surface area contributed by atoms with Gasteiger partial charge < -0.3 is 4.57 Å². The fourth-order valence-electron chi connectivity index (χ4n) is 7.44. The van der Waals surface area contributed by atoms with Gasteiger partial charge in [-0.2, -0.15) is 11.3 Å². The zero-order valence-corrected chi connectivity index (χ0v) is 37.7. The normalized spacial score (nSPS) is 12.7. The molecule has 4 heterocycles. The van der Waals surface area contributed by atoms with Crippen LogP contribution in [-0.4, -0.2) is 32.8 Å². The molecular formula is C48H43FGeIrN4S-2. The summed E-state index contributed by atoms with van der Waals surface area (Å²) in [5.41, 5.74) is 8.18. The van der Waals surface area contributed by atoms with Crippen molar-refractivity contribution >= 4 is 71.1 Å². The van der Waals surface area contributed by atoms with Crippen LogP contribution in [-0.2, 0) is 20.1 Å². The Hall–Kier alpha value is -4.53. The van der Waals surface area contributed by atoms with Crippen molar-refractivity contribution in [2.45, 2.75) is 57.7 Å². The largest absolute Gasteiger partial charge is 0 e. The number of aromatic nitrogens is 4. The predicted molar refractivity (Wildman–Crippen MR) is 233 cm³/mol. The molecule has 5 aromatic carbocycles. The Balaban J connectivity index is 0.000000188. The minimum absolute atomic E-state index is 0. The monoisotopic (exact) mass is 996 g/mol. The topological polar surface area (TPSA) is 43.6 Å². The van der Waals surface area contributed by atoms with Gasteiger partial charge in [-0.1, -0.05) is 59.5 Å². The minimum atomic E-state index is -2.49. The number of hydrogen-bond acceptors (Lipinski definition) is 4. The number of thiophene rings is 1. The maximum absolute atomic E-state index is 14.7. The molecule has 0 amide bonds. The van der Waals surface area contributed by atoms with Crippen molar-refractivity contribution in [2.75, 3.05) is 0 Å². The predicted octanol–water partition coefficient (Wildman–Crippen LogP) is 12.7. The van der Waals surface area contributed by atoms with E-state index in [0.29, 0.717) is 11.6 Å². The molecule has 0 saturated carbocycles. The van der Waals surface area contributed by atoms with Crippen molar-refractivity contribution in [3.05, 3.63) is 150 Å². The number of halogens is 1. The number of imidazole rings is 1. The van der Waals surface area contributed by atoms with Gasteiger partial charge in [0.25, 0.3) is 0 Å². The van der Waals surface area contributed by atoms with Crippen LogP contribution in [0.25, 0.3) is 70.4 Å². The molecule has 0 unspecified atom stereocenters. The van der Waals surface area contributed by atoms with Gasteiger partial charge in [0, 0.05) is 32.0 Å². The van der Waals surface area contributed by atoms with Crippen molar-refractivity contribution in [3.8, 4) is 28.3 Å². The van der Waals surface area contributed by atoms with Crippen molar-refractivity contribution in [1.82, 2.24) is 19.5 Å². The summed E-state index contributed by atoms with van der Waals surface area (Å²) in [6, 6.07) is 38.7. The van der Waals surface area contributed by atoms with E-state index in [9.17, 15) is 4.39 Å². The average molecular weight is 995 g/mol. The second kappa shape index (κ2) is 15.8. The molecule has 0 saturated heterocycles. The van der Waals surface area contributed by atoms with Gasteiger partial charge in [0.05, 0.1) is 16.9 Å². The first-order valence-corrected chi connectivity index (χ1v) is 26.7. The first-order valence-electron chi connectivity index (χ1n) is 20.0. The maximum Gasteiger partial charge on any atom is 0 e. The molecule has 0 spiro atoms. The Morgan fingerprint density at radius 1 is 0.804 bits per heavy atom. The van der Waals surface area contributed by atoms with E-state index in [0.717, 1.165) is 27.3 Å². The van der Waals surface area contributed by atoms with Crippen LogP contribution in [0.1, 0.15) is 46.1 Å². The number of hydrogen-bond donors (Lipinski definition) is 0. The Labute approximate surface area is 352 Å². The average Bonchev–Trinajstić information content (AvgIpc) is 3.74. The molecule has 0 atom stereocenters. The van der Waals surface area contributed by atoms with Gasteiger partial charge in [-0.15, -0.1) is 18.2 Å². The van der Waals surface area contributed by atoms with Crippen LogP contribution in [0.4, 0.5) is 4.39 Å². The number of aryl methyl sites for hydroxylation is 3. The van der Waals surface area contributed by atoms with Gasteiger partial charge in [-0.05, 0) is 64.0 Å². The van der Waals surface area contributed by atoms with Gasteiger partial charge in [0.2, 0.25) is 0 Å². The van der Waals surface area contributed by atoms with E-state index in [1.807, 2.05) is 30.6 Å². The fraction of sp³-hybridized carbons (Fsp3) is 0.188. The number of rotatable bonds is 5. The van der Waals surface area contributed by atoms with Crippen LogP contribution >= 0.6 is 11.3 Å². The molecule has 4 aromatic heterocycles. The van der Waals surface area contributed by atoms with Crippen LogP contribution in [0.15, 0.2) is 109 Å². The quantitative estimate of drug-likeness (QED) is 0.127. The van der Waals surface area contributed by atoms with E-state index in [-0.39, 0.29) is 31.2 Å². The third-order valence-electron chi connectivity index (χ3n) is 10.2. The molecule has 0 N–H and O–H groups in total. The Morgan fingerprint density at radius 2 is 1.52 bits per heavy atom. The summed E-state index contributed by atoms with van der Waals surface area (Å²) in [4.78, 5) is 15.3. The van der Waals surface area contributed by atoms with Crippen LogP contribution in [0.5, 0.6) is 0 Å². The number of pyridine rings is 2. The molecule has 9 rings (SSSR count). The first-order chi connectivity index (χ1) is 27.6. The molecule has 1 radical (unpaired) electrons. The Bertz CT molecular complexity index is 3000. The van der Waals surface area contributed by atoms with Crippen molar-refractivity contribution in [2.24, 2.45) is 0 Å². The van der Waals surface area contributed by atoms with Gasteiger partial charge in [0.1, 0.15) is 4.83 Å². The molecule has 4 nitrogen and oxygen atoms in total. The fourth-order valence-corrected chi connectivity index (χ4v) is 12.1. The number of para-hydroxylation sites is 1. The van der Waals surface area contributed by atoms with Crippen molar-refractivity contribution < 1.29 is 28.6 Å². The minimum Gasteiger partial charge on any atom is 0 e. The van der Waals surface area contributed by atoms with Gasteiger partial charge in [0.15, 0.2) is 0 Å². The molecule has 0 bridgehead atoms. The third-order valence-corrected chi connectivity index (χ3v) is 15.6. The summed E-state index contributed by atoms with van der Waals surface area (Å²) < 4.78 is 41.9. The summed E-state index contributed by atoms with van der Waals surface area (Å²) in [7, 11) is 0. The molecule has 9 aromatic rings. The summed E-state index contributed by atoms with van der Waals surface area (Å²) >= 11 is -0.388. The molecule has 0 aliphatic carbocycles. The van der Waals surface area contributed by atoms with Gasteiger partial charge >= 0.3 is 134 Å². The maximum atomic E-state index is 14.7. The van der Waals surface area contributed by atoms with Crippen molar-refractivity contribution in [3.63, 3.8) is 0 Å². The van der Waals surface area contributed by atoms with Crippen molar-refractivity contribution in [1.29, 1.82) is 0 Å². The van der Waals surface area contributed by atoms with E-state index in [2.05, 4.69) is 138 Å². The van der Waals surface area contributed by atoms with Gasteiger partial charge in [-0.25, -0.2) is 4.98 Å². The second-order valence-corrected chi connectivity index (χ2v) is 27.0. The van der Waals surface area contributed by atoms with E-state index >= 15 is 0 Å². The Morgan fingerprint density at radius 3 is 2.23 bits per heavy atom. The summed E-state index contributed by atoms with van der Waals surface area (Å²) in [5.74, 6) is 7.34. The third kappa shape index (κ3) is 7.27. The summed E-state index contributed by atoms with van der Waals surface area (Å²) in [6.45, 7) is 6.07. The molecule has 56 heavy (non-hydrogen) atoms. The van der Waals surface area contributed by atoms with Crippen LogP contribution in [0.3, 0.4) is 0 Å². The zero-order valence-electron chi connectivity index (χ0n) is 35.4. The van der Waals surface area contributed by atoms with Crippen LogP contribution in [0, 0.1) is 38.6 Å². The zero-order chi connectivity index (χ0) is 41.1. The first kappa shape index (κ1) is 35.9. The molecule has 0 fully saturated rings. The number of fused-ring (bicyclic) bond motifs is 5. The van der Waals surface area contributed by atoms with E-state index in [4.69, 9.17) is 9.10 Å². The van der Waals surface area contributed by atoms with E-state index < -0.39 is 25.9 Å². The molecule has 0 aliphatic heterocycles. The van der Waals surface area contributed by atoms with Crippen LogP contribution in [0.2, 0.25) is 17.3 Å². The van der Waals surface area contributed by atoms with E-state index in [1.54, 1.807) is 11.3 Å². The Kier molecular flexibility index (Phi) is 10.1. The standard InChI is InChI=1S/C30H20N3S.C18H23FGeN.Ir/c1-18-8-5-9-19(2)27(18)33-26-17-21-11-4-3-10-20(21)16-25(26)32-29(33)24-13-6-12-22-23-14-7-15-31-30(23)34-28(22)24;1-12(2)15-10-17(21-11-16(15)20(4,5)6)14-9-7-8-13(3)18(14)19;/h3-12,14-17H,1-2H3;7-8,10-12H,1-6H3;/q2*-1;/i;3D3;. The number of benzene rings is 5.